The van der Waals surface area contributed by atoms with Crippen molar-refractivity contribution in [3.8, 4) is 5.75 Å². The smallest absolute Gasteiger partial charge is 0.255 e. The maximum absolute atomic E-state index is 12.1. The van der Waals surface area contributed by atoms with Crippen molar-refractivity contribution in [2.45, 2.75) is 20.4 Å². The molecule has 0 saturated heterocycles. The largest absolute Gasteiger partial charge is 0.507 e. The summed E-state index contributed by atoms with van der Waals surface area (Å²) in [5.74, 6) is -0.821. The molecule has 2 aromatic rings. The number of phenols is 1. The summed E-state index contributed by atoms with van der Waals surface area (Å²) in [6, 6.07) is 12.4. The Labute approximate surface area is 147 Å². The Balaban J connectivity index is 1.87. The maximum atomic E-state index is 12.1. The highest BCUT2D eigenvalue weighted by atomic mass is 32.2. The van der Waals surface area contributed by atoms with Crippen LogP contribution < -0.4 is 10.0 Å². The van der Waals surface area contributed by atoms with E-state index in [9.17, 15) is 18.3 Å². The van der Waals surface area contributed by atoms with E-state index in [1.54, 1.807) is 13.0 Å². The number of carbonyl (C=O) groups is 1. The topological polar surface area (TPSA) is 95.5 Å². The van der Waals surface area contributed by atoms with Gasteiger partial charge >= 0.3 is 0 Å². The number of hydrogen-bond donors (Lipinski definition) is 3. The van der Waals surface area contributed by atoms with Gasteiger partial charge in [0.05, 0.1) is 11.3 Å². The first kappa shape index (κ1) is 19.0. The van der Waals surface area contributed by atoms with E-state index in [0.29, 0.717) is 5.56 Å². The van der Waals surface area contributed by atoms with Crippen LogP contribution in [0.3, 0.4) is 0 Å². The Kier molecular flexibility index (Phi) is 6.17. The van der Waals surface area contributed by atoms with Crippen LogP contribution in [0, 0.1) is 13.8 Å². The van der Waals surface area contributed by atoms with Crippen molar-refractivity contribution in [3.63, 3.8) is 0 Å². The lowest BCUT2D eigenvalue weighted by atomic mass is 10.0. The highest BCUT2D eigenvalue weighted by molar-refractivity contribution is 7.89. The molecule has 25 heavy (non-hydrogen) atoms. The second-order valence-electron chi connectivity index (χ2n) is 5.79. The van der Waals surface area contributed by atoms with Gasteiger partial charge < -0.3 is 10.4 Å². The second kappa shape index (κ2) is 8.13. The molecule has 2 aromatic carbocycles. The molecule has 0 saturated carbocycles. The van der Waals surface area contributed by atoms with Crippen LogP contribution in [0.4, 0.5) is 0 Å². The summed E-state index contributed by atoms with van der Waals surface area (Å²) >= 11 is 0. The van der Waals surface area contributed by atoms with Crippen LogP contribution in [-0.4, -0.2) is 31.7 Å². The van der Waals surface area contributed by atoms with Gasteiger partial charge in [0.2, 0.25) is 10.0 Å². The summed E-state index contributed by atoms with van der Waals surface area (Å²) in [5, 5.41) is 12.5. The van der Waals surface area contributed by atoms with Crippen molar-refractivity contribution < 1.29 is 18.3 Å². The van der Waals surface area contributed by atoms with E-state index in [4.69, 9.17) is 0 Å². The van der Waals surface area contributed by atoms with E-state index < -0.39 is 15.9 Å². The van der Waals surface area contributed by atoms with E-state index >= 15 is 0 Å². The van der Waals surface area contributed by atoms with Crippen LogP contribution >= 0.6 is 0 Å². The zero-order chi connectivity index (χ0) is 18.4. The first-order valence-electron chi connectivity index (χ1n) is 7.89. The van der Waals surface area contributed by atoms with Crippen LogP contribution in [0.25, 0.3) is 0 Å². The summed E-state index contributed by atoms with van der Waals surface area (Å²) in [6.45, 7) is 3.71. The van der Waals surface area contributed by atoms with Crippen molar-refractivity contribution >= 4 is 15.9 Å². The van der Waals surface area contributed by atoms with E-state index in [-0.39, 0.29) is 30.2 Å². The Morgan fingerprint density at radius 2 is 1.76 bits per heavy atom. The monoisotopic (exact) mass is 362 g/mol. The SMILES string of the molecule is Cc1ccc(C(=O)NCCS(=O)(=O)NCc2ccccc2)c(O)c1C. The number of sulfonamides is 1. The predicted octanol–water partition coefficient (Wildman–Crippen LogP) is 1.86. The van der Waals surface area contributed by atoms with Crippen LogP contribution in [0.15, 0.2) is 42.5 Å². The third-order valence-corrected chi connectivity index (χ3v) is 5.27. The molecule has 0 unspecified atom stereocenters. The number of aromatic hydroxyl groups is 1. The fourth-order valence-electron chi connectivity index (χ4n) is 2.24. The summed E-state index contributed by atoms with van der Waals surface area (Å²) in [4.78, 5) is 12.1. The minimum Gasteiger partial charge on any atom is -0.507 e. The first-order chi connectivity index (χ1) is 11.8. The van der Waals surface area contributed by atoms with E-state index in [0.717, 1.165) is 11.1 Å². The molecule has 0 aliphatic rings. The highest BCUT2D eigenvalue weighted by Crippen LogP contribution is 2.24. The van der Waals surface area contributed by atoms with Crippen molar-refractivity contribution in [1.82, 2.24) is 10.0 Å². The number of rotatable bonds is 7. The Bertz CT molecular complexity index is 849. The first-order valence-corrected chi connectivity index (χ1v) is 9.54. The molecular formula is C18H22N2O4S. The predicted molar refractivity (Wildman–Crippen MR) is 97.0 cm³/mol. The Morgan fingerprint density at radius 3 is 2.44 bits per heavy atom. The molecule has 3 N–H and O–H groups in total. The molecule has 0 radical (unpaired) electrons. The minimum atomic E-state index is -3.51. The van der Waals surface area contributed by atoms with Gasteiger partial charge in [-0.15, -0.1) is 0 Å². The Morgan fingerprint density at radius 1 is 1.08 bits per heavy atom. The van der Waals surface area contributed by atoms with Crippen LogP contribution in [0.5, 0.6) is 5.75 Å². The molecule has 0 spiro atoms. The molecule has 0 fully saturated rings. The van der Waals surface area contributed by atoms with Gasteiger partial charge in [-0.25, -0.2) is 13.1 Å². The van der Waals surface area contributed by atoms with Crippen LogP contribution in [0.2, 0.25) is 0 Å². The molecule has 0 atom stereocenters. The molecule has 1 amide bonds. The second-order valence-corrected chi connectivity index (χ2v) is 7.71. The van der Waals surface area contributed by atoms with E-state index in [2.05, 4.69) is 10.0 Å². The molecule has 0 bridgehead atoms. The average molecular weight is 362 g/mol. The molecule has 6 nitrogen and oxygen atoms in total. The lowest BCUT2D eigenvalue weighted by molar-refractivity contribution is 0.0953. The summed E-state index contributed by atoms with van der Waals surface area (Å²) in [5.41, 5.74) is 2.50. The van der Waals surface area contributed by atoms with Gasteiger partial charge in [-0.2, -0.15) is 0 Å². The van der Waals surface area contributed by atoms with Crippen molar-refractivity contribution in [2.24, 2.45) is 0 Å². The van der Waals surface area contributed by atoms with Gasteiger partial charge in [-0.1, -0.05) is 36.4 Å². The van der Waals surface area contributed by atoms with Crippen LogP contribution in [-0.2, 0) is 16.6 Å². The zero-order valence-electron chi connectivity index (χ0n) is 14.2. The summed E-state index contributed by atoms with van der Waals surface area (Å²) in [6.07, 6.45) is 0. The Hall–Kier alpha value is -2.38. The summed E-state index contributed by atoms with van der Waals surface area (Å²) < 4.78 is 26.4. The number of carbonyl (C=O) groups excluding carboxylic acids is 1. The van der Waals surface area contributed by atoms with Gasteiger partial charge in [0, 0.05) is 13.1 Å². The number of benzene rings is 2. The molecule has 0 aliphatic carbocycles. The fraction of sp³-hybridized carbons (Fsp3) is 0.278. The molecule has 2 rings (SSSR count). The van der Waals surface area contributed by atoms with Gasteiger partial charge in [-0.3, -0.25) is 4.79 Å². The molecule has 0 heterocycles. The number of amides is 1. The standard InChI is InChI=1S/C18H22N2O4S/c1-13-8-9-16(17(21)14(13)2)18(22)19-10-11-25(23,24)20-12-15-6-4-3-5-7-15/h3-9,20-21H,10-12H2,1-2H3,(H,19,22). The summed E-state index contributed by atoms with van der Waals surface area (Å²) in [7, 11) is -3.51. The van der Waals surface area contributed by atoms with Crippen molar-refractivity contribution in [3.05, 3.63) is 64.7 Å². The van der Waals surface area contributed by atoms with Gasteiger partial charge in [0.15, 0.2) is 0 Å². The van der Waals surface area contributed by atoms with Gasteiger partial charge in [0.1, 0.15) is 5.75 Å². The van der Waals surface area contributed by atoms with Crippen molar-refractivity contribution in [2.75, 3.05) is 12.3 Å². The maximum Gasteiger partial charge on any atom is 0.255 e. The van der Waals surface area contributed by atoms with E-state index in [1.807, 2.05) is 37.3 Å². The fourth-order valence-corrected chi connectivity index (χ4v) is 3.14. The highest BCUT2D eigenvalue weighted by Gasteiger charge is 2.15. The number of nitrogens with one attached hydrogen (secondary N) is 2. The molecule has 0 aliphatic heterocycles. The molecule has 134 valence electrons. The zero-order valence-corrected chi connectivity index (χ0v) is 15.1. The van der Waals surface area contributed by atoms with Gasteiger partial charge in [0.25, 0.3) is 5.91 Å². The van der Waals surface area contributed by atoms with Gasteiger partial charge in [-0.05, 0) is 36.6 Å². The minimum absolute atomic E-state index is 0.0463. The lowest BCUT2D eigenvalue weighted by Gasteiger charge is -2.11. The molecule has 7 heteroatoms. The third kappa shape index (κ3) is 5.30. The quantitative estimate of drug-likeness (QED) is 0.700. The molecular weight excluding hydrogens is 340 g/mol. The normalized spacial score (nSPS) is 11.3. The van der Waals surface area contributed by atoms with Crippen molar-refractivity contribution in [1.29, 1.82) is 0 Å². The average Bonchev–Trinajstić information content (AvgIpc) is 2.59. The van der Waals surface area contributed by atoms with Crippen LogP contribution in [0.1, 0.15) is 27.0 Å². The third-order valence-electron chi connectivity index (χ3n) is 3.94. The van der Waals surface area contributed by atoms with E-state index in [1.165, 1.54) is 6.07 Å². The molecule has 0 aromatic heterocycles. The lowest BCUT2D eigenvalue weighted by Crippen LogP contribution is -2.34. The number of phenolic OH excluding ortho intramolecular Hbond substituents is 1. The number of hydrogen-bond acceptors (Lipinski definition) is 4. The number of aryl methyl sites for hydroxylation is 1.